The smallest absolute Gasteiger partial charge is 0.341 e. The third-order valence-electron chi connectivity index (χ3n) is 5.23. The molecular formula is C24H17ClN4O4S. The number of fused-ring (bicyclic) bond motifs is 1. The average molecular weight is 493 g/mol. The molecule has 1 aromatic heterocycles. The van der Waals surface area contributed by atoms with Crippen molar-refractivity contribution in [3.8, 4) is 38.3 Å². The van der Waals surface area contributed by atoms with Gasteiger partial charge in [0, 0.05) is 23.6 Å². The van der Waals surface area contributed by atoms with E-state index in [1.54, 1.807) is 54.5 Å². The van der Waals surface area contributed by atoms with Gasteiger partial charge in [0.2, 0.25) is 0 Å². The lowest BCUT2D eigenvalue weighted by Gasteiger charge is -2.09. The molecule has 0 N–H and O–H groups in total. The Balaban J connectivity index is 1.64. The monoisotopic (exact) mass is 492 g/mol. The third-order valence-corrected chi connectivity index (χ3v) is 6.55. The number of carbonyl (C=O) groups is 1. The van der Waals surface area contributed by atoms with E-state index in [2.05, 4.69) is 10.1 Å². The van der Waals surface area contributed by atoms with Crippen molar-refractivity contribution in [2.24, 2.45) is 0 Å². The zero-order chi connectivity index (χ0) is 23.8. The zero-order valence-electron chi connectivity index (χ0n) is 18.1. The van der Waals surface area contributed by atoms with Crippen LogP contribution in [0.3, 0.4) is 0 Å². The minimum Gasteiger partial charge on any atom is -0.497 e. The predicted octanol–water partition coefficient (Wildman–Crippen LogP) is 4.70. The molecule has 0 fully saturated rings. The fourth-order valence-corrected chi connectivity index (χ4v) is 4.50. The Labute approximate surface area is 202 Å². The molecule has 3 aromatic rings. The van der Waals surface area contributed by atoms with Crippen LogP contribution >= 0.6 is 22.9 Å². The Morgan fingerprint density at radius 1 is 1.03 bits per heavy atom. The third kappa shape index (κ3) is 3.85. The van der Waals surface area contributed by atoms with E-state index in [9.17, 15) is 9.59 Å². The Kier molecular flexibility index (Phi) is 5.64. The molecule has 3 heterocycles. The van der Waals surface area contributed by atoms with Crippen molar-refractivity contribution < 1.29 is 14.3 Å². The van der Waals surface area contributed by atoms with Crippen molar-refractivity contribution in [1.29, 1.82) is 0 Å². The van der Waals surface area contributed by atoms with Crippen molar-refractivity contribution >= 4 is 28.9 Å². The highest BCUT2D eigenvalue weighted by atomic mass is 35.5. The molecule has 0 saturated heterocycles. The molecule has 0 saturated carbocycles. The number of carbonyl (C=O) groups excluding carboxylic acids is 1. The second-order valence-electron chi connectivity index (χ2n) is 7.26. The summed E-state index contributed by atoms with van der Waals surface area (Å²) in [5.41, 5.74) is 1.81. The molecule has 10 heteroatoms. The molecule has 2 aromatic carbocycles. The summed E-state index contributed by atoms with van der Waals surface area (Å²) in [6.07, 6.45) is 4.93. The molecule has 0 atom stereocenters. The summed E-state index contributed by atoms with van der Waals surface area (Å²) in [6.45, 7) is 0. The van der Waals surface area contributed by atoms with Crippen LogP contribution in [-0.2, 0) is 4.74 Å². The van der Waals surface area contributed by atoms with Gasteiger partial charge in [-0.1, -0.05) is 35.1 Å². The van der Waals surface area contributed by atoms with Gasteiger partial charge < -0.3 is 9.47 Å². The maximum atomic E-state index is 13.3. The molecule has 8 nitrogen and oxygen atoms in total. The standard InChI is InChI=1S/C24H17ClN4O4S/c1-32-17-9-7-16(8-10-17)29-22(30)18-12-28(13-19(21(18)27-29)23(31)33-2)24-26-11-20(34-24)14-3-5-15(25)6-4-14/h3-13H,1-2H3. The van der Waals surface area contributed by atoms with Gasteiger partial charge in [-0.25, -0.2) is 9.78 Å². The number of pyridine rings is 1. The first-order chi connectivity index (χ1) is 16.5. The largest absolute Gasteiger partial charge is 0.497 e. The first-order valence-corrected chi connectivity index (χ1v) is 11.3. The Bertz CT molecular complexity index is 1520. The van der Waals surface area contributed by atoms with E-state index in [0.717, 1.165) is 10.4 Å². The number of aromatic nitrogens is 4. The number of methoxy groups -OCH3 is 2. The summed E-state index contributed by atoms with van der Waals surface area (Å²) in [7, 11) is 2.85. The van der Waals surface area contributed by atoms with Gasteiger partial charge in [-0.05, 0) is 42.0 Å². The molecule has 34 heavy (non-hydrogen) atoms. The number of halogens is 1. The highest BCUT2D eigenvalue weighted by molar-refractivity contribution is 7.17. The van der Waals surface area contributed by atoms with Crippen LogP contribution in [0.25, 0.3) is 32.5 Å². The van der Waals surface area contributed by atoms with Gasteiger partial charge in [0.05, 0.1) is 30.3 Å². The average Bonchev–Trinajstić information content (AvgIpc) is 3.49. The zero-order valence-corrected chi connectivity index (χ0v) is 19.6. The summed E-state index contributed by atoms with van der Waals surface area (Å²) in [5.74, 6) is 0.0504. The topological polar surface area (TPSA) is 88.2 Å². The van der Waals surface area contributed by atoms with Gasteiger partial charge in [0.1, 0.15) is 17.0 Å². The number of ether oxygens (including phenoxy) is 2. The number of benzene rings is 2. The Morgan fingerprint density at radius 3 is 2.44 bits per heavy atom. The lowest BCUT2D eigenvalue weighted by Crippen LogP contribution is -2.15. The number of hydrogen-bond donors (Lipinski definition) is 0. The van der Waals surface area contributed by atoms with E-state index in [-0.39, 0.29) is 22.4 Å². The normalized spacial score (nSPS) is 11.0. The molecule has 0 amide bonds. The second kappa shape index (κ2) is 8.77. The van der Waals surface area contributed by atoms with Gasteiger partial charge in [-0.3, -0.25) is 9.36 Å². The minimum absolute atomic E-state index is 0.160. The second-order valence-corrected chi connectivity index (χ2v) is 8.71. The highest BCUT2D eigenvalue weighted by Gasteiger charge is 2.26. The van der Waals surface area contributed by atoms with Crippen LogP contribution < -0.4 is 10.3 Å². The van der Waals surface area contributed by atoms with Crippen molar-refractivity contribution in [3.05, 3.63) is 88.1 Å². The quantitative estimate of drug-likeness (QED) is 0.330. The summed E-state index contributed by atoms with van der Waals surface area (Å²) >= 11 is 7.40. The molecule has 2 aliphatic rings. The maximum Gasteiger partial charge on any atom is 0.341 e. The Hall–Kier alpha value is -3.95. The van der Waals surface area contributed by atoms with Crippen molar-refractivity contribution in [3.63, 3.8) is 0 Å². The summed E-state index contributed by atoms with van der Waals surface area (Å²) in [5, 5.41) is 5.65. The predicted molar refractivity (Wildman–Crippen MR) is 130 cm³/mol. The lowest BCUT2D eigenvalue weighted by atomic mass is 10.1. The first-order valence-electron chi connectivity index (χ1n) is 10.1. The molecule has 0 spiro atoms. The van der Waals surface area contributed by atoms with Crippen LogP contribution in [0.15, 0.2) is 71.9 Å². The van der Waals surface area contributed by atoms with Crippen molar-refractivity contribution in [2.45, 2.75) is 0 Å². The number of esters is 1. The maximum absolute atomic E-state index is 13.3. The van der Waals surface area contributed by atoms with E-state index in [1.807, 2.05) is 24.3 Å². The number of rotatable bonds is 5. The summed E-state index contributed by atoms with van der Waals surface area (Å²) in [4.78, 5) is 31.2. The van der Waals surface area contributed by atoms with E-state index >= 15 is 0 Å². The van der Waals surface area contributed by atoms with Crippen LogP contribution in [0.2, 0.25) is 5.02 Å². The van der Waals surface area contributed by atoms with E-state index in [4.69, 9.17) is 21.1 Å². The molecule has 0 bridgehead atoms. The molecular weight excluding hydrogens is 476 g/mol. The Morgan fingerprint density at radius 2 is 1.76 bits per heavy atom. The summed E-state index contributed by atoms with van der Waals surface area (Å²) in [6, 6.07) is 14.3. The van der Waals surface area contributed by atoms with Crippen LogP contribution in [-0.4, -0.2) is 39.5 Å². The van der Waals surface area contributed by atoms with Gasteiger partial charge >= 0.3 is 5.97 Å². The number of thiazole rings is 1. The molecule has 5 rings (SSSR count). The van der Waals surface area contributed by atoms with Gasteiger partial charge in [0.25, 0.3) is 5.56 Å². The number of hydrogen-bond acceptors (Lipinski definition) is 7. The van der Waals surface area contributed by atoms with Crippen LogP contribution in [0.5, 0.6) is 5.75 Å². The van der Waals surface area contributed by atoms with E-state index in [0.29, 0.717) is 21.6 Å². The van der Waals surface area contributed by atoms with Gasteiger partial charge in [0.15, 0.2) is 5.13 Å². The molecule has 2 aliphatic heterocycles. The fraction of sp³-hybridized carbons (Fsp3) is 0.0833. The van der Waals surface area contributed by atoms with Crippen LogP contribution in [0.1, 0.15) is 10.4 Å². The van der Waals surface area contributed by atoms with Crippen LogP contribution in [0.4, 0.5) is 0 Å². The van der Waals surface area contributed by atoms with E-state index in [1.165, 1.54) is 23.1 Å². The molecule has 0 aliphatic carbocycles. The molecule has 0 radical (unpaired) electrons. The summed E-state index contributed by atoms with van der Waals surface area (Å²) < 4.78 is 13.0. The van der Waals surface area contributed by atoms with Crippen LogP contribution in [0, 0.1) is 0 Å². The lowest BCUT2D eigenvalue weighted by molar-refractivity contribution is 0.0600. The van der Waals surface area contributed by atoms with Crippen molar-refractivity contribution in [1.82, 2.24) is 19.3 Å². The van der Waals surface area contributed by atoms with Crippen molar-refractivity contribution in [2.75, 3.05) is 14.2 Å². The molecule has 170 valence electrons. The number of nitrogens with zero attached hydrogens (tertiary/aromatic N) is 4. The van der Waals surface area contributed by atoms with E-state index < -0.39 is 5.97 Å². The molecule has 0 unspecified atom stereocenters. The minimum atomic E-state index is -0.604. The van der Waals surface area contributed by atoms with Gasteiger partial charge in [-0.2, -0.15) is 9.78 Å². The SMILES string of the molecule is COC(=O)c1cn(-c2ncc(-c3ccc(Cl)cc3)s2)cc2c(=O)n(-c3ccc(OC)cc3)nc1-2. The highest BCUT2D eigenvalue weighted by Crippen LogP contribution is 2.31. The van der Waals surface area contributed by atoms with Gasteiger partial charge in [-0.15, -0.1) is 0 Å². The first kappa shape index (κ1) is 21.9. The fourth-order valence-electron chi connectivity index (χ4n) is 3.51.